The van der Waals surface area contributed by atoms with Crippen molar-refractivity contribution in [3.05, 3.63) is 45.9 Å². The van der Waals surface area contributed by atoms with Gasteiger partial charge in [-0.05, 0) is 37.7 Å². The summed E-state index contributed by atoms with van der Waals surface area (Å²) in [5.41, 5.74) is -1.20. The summed E-state index contributed by atoms with van der Waals surface area (Å²) in [6.07, 6.45) is -4.60. The van der Waals surface area contributed by atoms with Crippen molar-refractivity contribution < 1.29 is 31.4 Å². The number of phenolic OH excluding ortho intramolecular Hbond substituents is 1. The zero-order valence-corrected chi connectivity index (χ0v) is 17.8. The molecule has 2 aromatic rings. The standard InChI is InChI=1S/C18H17Cl2F3N2O4S/c1-25-5-4-12(9-25)29-15-8-11(2-3-13(15)18(21,22)23)24-30(27,28)16-7-10(19)6-14(20)17(16)26/h2-3,6-8,12,24,26H,4-5,9H2,1H3/t12-/m1/s1. The molecule has 0 saturated carbocycles. The molecule has 0 radical (unpaired) electrons. The fourth-order valence-corrected chi connectivity index (χ4v) is 4.85. The molecule has 2 aromatic carbocycles. The van der Waals surface area contributed by atoms with Crippen molar-refractivity contribution >= 4 is 38.9 Å². The van der Waals surface area contributed by atoms with Gasteiger partial charge in [0.25, 0.3) is 10.0 Å². The number of nitrogens with zero attached hydrogens (tertiary/aromatic N) is 1. The highest BCUT2D eigenvalue weighted by molar-refractivity contribution is 7.92. The number of likely N-dealkylation sites (N-methyl/N-ethyl adjacent to an activating group) is 1. The average molecular weight is 485 g/mol. The first kappa shape index (κ1) is 22.8. The molecule has 1 fully saturated rings. The molecule has 12 heteroatoms. The zero-order valence-electron chi connectivity index (χ0n) is 15.5. The Bertz CT molecular complexity index is 1060. The Morgan fingerprint density at radius 2 is 1.93 bits per heavy atom. The van der Waals surface area contributed by atoms with Crippen LogP contribution in [-0.2, 0) is 16.2 Å². The Morgan fingerprint density at radius 1 is 1.23 bits per heavy atom. The van der Waals surface area contributed by atoms with Crippen LogP contribution in [0.4, 0.5) is 18.9 Å². The fraction of sp³-hybridized carbons (Fsp3) is 0.333. The maximum Gasteiger partial charge on any atom is 0.419 e. The number of hydrogen-bond donors (Lipinski definition) is 2. The molecule has 1 aliphatic heterocycles. The van der Waals surface area contributed by atoms with Crippen LogP contribution in [0.3, 0.4) is 0 Å². The van der Waals surface area contributed by atoms with Crippen LogP contribution < -0.4 is 9.46 Å². The van der Waals surface area contributed by atoms with Crippen LogP contribution >= 0.6 is 23.2 Å². The smallest absolute Gasteiger partial charge is 0.419 e. The molecule has 0 aliphatic carbocycles. The SMILES string of the molecule is CN1CC[C@@H](Oc2cc(NS(=O)(=O)c3cc(Cl)cc(Cl)c3O)ccc2C(F)(F)F)C1. The first-order valence-corrected chi connectivity index (χ1v) is 10.9. The van der Waals surface area contributed by atoms with Gasteiger partial charge in [-0.2, -0.15) is 13.2 Å². The van der Waals surface area contributed by atoms with Crippen LogP contribution in [0.1, 0.15) is 12.0 Å². The lowest BCUT2D eigenvalue weighted by Gasteiger charge is -2.19. The van der Waals surface area contributed by atoms with E-state index in [-0.39, 0.29) is 15.7 Å². The highest BCUT2D eigenvalue weighted by atomic mass is 35.5. The summed E-state index contributed by atoms with van der Waals surface area (Å²) >= 11 is 11.6. The molecule has 2 N–H and O–H groups in total. The molecule has 6 nitrogen and oxygen atoms in total. The molecule has 0 unspecified atom stereocenters. The van der Waals surface area contributed by atoms with Crippen LogP contribution in [0.2, 0.25) is 10.0 Å². The molecule has 1 heterocycles. The second-order valence-corrected chi connectivity index (χ2v) is 9.33. The number of benzene rings is 2. The molecule has 1 saturated heterocycles. The van der Waals surface area contributed by atoms with E-state index in [2.05, 4.69) is 4.72 Å². The summed E-state index contributed by atoms with van der Waals surface area (Å²) in [5, 5.41) is 9.64. The third kappa shape index (κ3) is 5.05. The number of halogens is 5. The minimum Gasteiger partial charge on any atom is -0.505 e. The Labute approximate surface area is 181 Å². The molecule has 1 atom stereocenters. The predicted octanol–water partition coefficient (Wildman–Crippen LogP) is 4.60. The van der Waals surface area contributed by atoms with Crippen LogP contribution in [0.25, 0.3) is 0 Å². The Hall–Kier alpha value is -1.88. The van der Waals surface area contributed by atoms with E-state index in [1.54, 1.807) is 0 Å². The van der Waals surface area contributed by atoms with E-state index in [4.69, 9.17) is 27.9 Å². The van der Waals surface area contributed by atoms with Gasteiger partial charge in [0, 0.05) is 24.2 Å². The van der Waals surface area contributed by atoms with Crippen LogP contribution in [0, 0.1) is 0 Å². The van der Waals surface area contributed by atoms with Gasteiger partial charge in [-0.3, -0.25) is 4.72 Å². The fourth-order valence-electron chi connectivity index (χ4n) is 3.05. The van der Waals surface area contributed by atoms with Gasteiger partial charge >= 0.3 is 6.18 Å². The van der Waals surface area contributed by atoms with Crippen LogP contribution in [0.15, 0.2) is 35.2 Å². The van der Waals surface area contributed by atoms with Gasteiger partial charge in [0.05, 0.1) is 16.3 Å². The van der Waals surface area contributed by atoms with Crippen molar-refractivity contribution in [2.24, 2.45) is 0 Å². The van der Waals surface area contributed by atoms with Gasteiger partial charge in [-0.1, -0.05) is 23.2 Å². The predicted molar refractivity (Wildman–Crippen MR) is 107 cm³/mol. The average Bonchev–Trinajstić information content (AvgIpc) is 3.01. The summed E-state index contributed by atoms with van der Waals surface area (Å²) in [7, 11) is -2.58. The summed E-state index contributed by atoms with van der Waals surface area (Å²) in [5.74, 6) is -1.22. The number of aromatic hydroxyl groups is 1. The highest BCUT2D eigenvalue weighted by Gasteiger charge is 2.36. The maximum atomic E-state index is 13.4. The molecule has 0 aromatic heterocycles. The number of hydrogen-bond acceptors (Lipinski definition) is 5. The van der Waals surface area contributed by atoms with E-state index in [1.165, 1.54) is 0 Å². The number of nitrogens with one attached hydrogen (secondary N) is 1. The number of anilines is 1. The summed E-state index contributed by atoms with van der Waals surface area (Å²) in [4.78, 5) is 1.30. The monoisotopic (exact) mass is 484 g/mol. The molecule has 30 heavy (non-hydrogen) atoms. The third-order valence-electron chi connectivity index (χ3n) is 4.46. The minimum atomic E-state index is -4.68. The normalized spacial score (nSPS) is 17.9. The summed E-state index contributed by atoms with van der Waals surface area (Å²) < 4.78 is 73.1. The van der Waals surface area contributed by atoms with Crippen molar-refractivity contribution in [2.75, 3.05) is 24.9 Å². The molecule has 3 rings (SSSR count). The summed E-state index contributed by atoms with van der Waals surface area (Å²) in [6.45, 7) is 1.12. The van der Waals surface area contributed by atoms with Crippen molar-refractivity contribution in [1.29, 1.82) is 0 Å². The quantitative estimate of drug-likeness (QED) is 0.648. The highest BCUT2D eigenvalue weighted by Crippen LogP contribution is 2.40. The van der Waals surface area contributed by atoms with Crippen molar-refractivity contribution in [1.82, 2.24) is 4.90 Å². The Morgan fingerprint density at radius 3 is 2.53 bits per heavy atom. The number of alkyl halides is 3. The number of ether oxygens (including phenoxy) is 1. The van der Waals surface area contributed by atoms with E-state index < -0.39 is 44.3 Å². The number of phenols is 1. The Kier molecular flexibility index (Phi) is 6.33. The first-order valence-electron chi connectivity index (χ1n) is 8.64. The largest absolute Gasteiger partial charge is 0.505 e. The lowest BCUT2D eigenvalue weighted by molar-refractivity contribution is -0.139. The third-order valence-corrected chi connectivity index (χ3v) is 6.36. The minimum absolute atomic E-state index is 0.0417. The number of sulfonamides is 1. The van der Waals surface area contributed by atoms with Crippen molar-refractivity contribution in [2.45, 2.75) is 23.6 Å². The van der Waals surface area contributed by atoms with Gasteiger partial charge in [0.2, 0.25) is 0 Å². The van der Waals surface area contributed by atoms with Gasteiger partial charge in [-0.25, -0.2) is 8.42 Å². The van der Waals surface area contributed by atoms with E-state index in [1.807, 2.05) is 11.9 Å². The second kappa shape index (κ2) is 8.33. The molecule has 0 spiro atoms. The lowest BCUT2D eigenvalue weighted by Crippen LogP contribution is -2.23. The van der Waals surface area contributed by atoms with E-state index in [9.17, 15) is 26.7 Å². The van der Waals surface area contributed by atoms with Crippen molar-refractivity contribution in [3.8, 4) is 11.5 Å². The van der Waals surface area contributed by atoms with Gasteiger partial charge in [0.15, 0.2) is 5.75 Å². The lowest BCUT2D eigenvalue weighted by atomic mass is 10.1. The summed E-state index contributed by atoms with van der Waals surface area (Å²) in [6, 6.07) is 4.77. The molecular formula is C18H17Cl2F3N2O4S. The number of rotatable bonds is 5. The van der Waals surface area contributed by atoms with Crippen molar-refractivity contribution in [3.63, 3.8) is 0 Å². The van der Waals surface area contributed by atoms with Crippen LogP contribution in [-0.4, -0.2) is 44.7 Å². The van der Waals surface area contributed by atoms with E-state index >= 15 is 0 Å². The molecular weight excluding hydrogens is 468 g/mol. The maximum absolute atomic E-state index is 13.4. The van der Waals surface area contributed by atoms with Gasteiger partial charge < -0.3 is 14.7 Å². The first-order chi connectivity index (χ1) is 13.9. The van der Waals surface area contributed by atoms with Gasteiger partial charge in [0.1, 0.15) is 16.7 Å². The Balaban J connectivity index is 1.95. The molecule has 1 aliphatic rings. The zero-order chi connectivity index (χ0) is 22.3. The van der Waals surface area contributed by atoms with E-state index in [0.717, 1.165) is 30.3 Å². The number of likely N-dealkylation sites (tertiary alicyclic amines) is 1. The van der Waals surface area contributed by atoms with E-state index in [0.29, 0.717) is 19.5 Å². The van der Waals surface area contributed by atoms with Crippen LogP contribution in [0.5, 0.6) is 11.5 Å². The second-order valence-electron chi connectivity index (χ2n) is 6.84. The molecule has 164 valence electrons. The molecule has 0 amide bonds. The molecule has 0 bridgehead atoms. The topological polar surface area (TPSA) is 78.9 Å². The van der Waals surface area contributed by atoms with Gasteiger partial charge in [-0.15, -0.1) is 0 Å².